The number of hydrogen-bond donors (Lipinski definition) is 0. The first kappa shape index (κ1) is 32.7. The summed E-state index contributed by atoms with van der Waals surface area (Å²) in [4.78, 5) is 2.50. The van der Waals surface area contributed by atoms with E-state index in [1.807, 2.05) is 0 Å². The van der Waals surface area contributed by atoms with Crippen molar-refractivity contribution in [2.75, 3.05) is 4.90 Å². The van der Waals surface area contributed by atoms with Crippen LogP contribution in [0.2, 0.25) is 0 Å². The highest BCUT2D eigenvalue weighted by atomic mass is 15.1. The van der Waals surface area contributed by atoms with Crippen LogP contribution in [0.5, 0.6) is 0 Å². The summed E-state index contributed by atoms with van der Waals surface area (Å²) in [7, 11) is 0. The fourth-order valence-electron chi connectivity index (χ4n) is 9.84. The van der Waals surface area contributed by atoms with Crippen molar-refractivity contribution in [3.8, 4) is 33.4 Å². The van der Waals surface area contributed by atoms with E-state index in [4.69, 9.17) is 0 Å². The molecule has 0 aliphatic heterocycles. The Morgan fingerprint density at radius 2 is 1.06 bits per heavy atom. The number of fused-ring (bicyclic) bond motifs is 5. The summed E-state index contributed by atoms with van der Waals surface area (Å²) in [6.45, 7) is 4.72. The standard InChI is InChI=1S/C53H45N/c1-53(2)47-28-10-8-24-46(47)52-43(26-15-29-48(52)53)38-32-34-40(35-33-38)54(49-31-14-19-36-18-6-7-22-41(36)49)50-30-11-9-23-44(50)45-27-13-21-39-20-12-25-42(51(39)45)37-16-4-3-5-17-37/h6-15,18-35,37H,3-5,16-17H2,1-2H3. The Kier molecular flexibility index (Phi) is 7.99. The maximum absolute atomic E-state index is 2.50. The van der Waals surface area contributed by atoms with Crippen molar-refractivity contribution in [2.24, 2.45) is 0 Å². The van der Waals surface area contributed by atoms with Gasteiger partial charge in [0.25, 0.3) is 0 Å². The van der Waals surface area contributed by atoms with Crippen molar-refractivity contribution in [1.82, 2.24) is 0 Å². The Hall–Kier alpha value is -5.92. The van der Waals surface area contributed by atoms with E-state index in [1.165, 1.54) is 115 Å². The van der Waals surface area contributed by atoms with Crippen LogP contribution in [0.15, 0.2) is 170 Å². The van der Waals surface area contributed by atoms with Gasteiger partial charge in [0, 0.05) is 22.1 Å². The summed E-state index contributed by atoms with van der Waals surface area (Å²) in [5.74, 6) is 0.606. The van der Waals surface area contributed by atoms with Crippen molar-refractivity contribution in [2.45, 2.75) is 57.3 Å². The molecule has 0 unspecified atom stereocenters. The van der Waals surface area contributed by atoms with Gasteiger partial charge in [0.15, 0.2) is 0 Å². The third kappa shape index (κ3) is 5.29. The molecule has 8 aromatic carbocycles. The van der Waals surface area contributed by atoms with Crippen LogP contribution in [-0.2, 0) is 5.41 Å². The molecule has 262 valence electrons. The van der Waals surface area contributed by atoms with E-state index < -0.39 is 0 Å². The van der Waals surface area contributed by atoms with E-state index in [0.717, 1.165) is 5.69 Å². The molecule has 8 aromatic rings. The van der Waals surface area contributed by atoms with Crippen LogP contribution in [0.25, 0.3) is 54.9 Å². The Labute approximate surface area is 319 Å². The monoisotopic (exact) mass is 695 g/mol. The molecule has 1 saturated carbocycles. The van der Waals surface area contributed by atoms with Gasteiger partial charge in [0.2, 0.25) is 0 Å². The molecule has 0 amide bonds. The predicted octanol–water partition coefficient (Wildman–Crippen LogP) is 15.2. The Bertz CT molecular complexity index is 2660. The zero-order chi connectivity index (χ0) is 36.2. The Morgan fingerprint density at radius 3 is 1.91 bits per heavy atom. The predicted molar refractivity (Wildman–Crippen MR) is 230 cm³/mol. The molecule has 0 bridgehead atoms. The molecule has 1 fully saturated rings. The lowest BCUT2D eigenvalue weighted by Gasteiger charge is -2.30. The second-order valence-electron chi connectivity index (χ2n) is 15.9. The molecule has 0 heterocycles. The average molecular weight is 696 g/mol. The lowest BCUT2D eigenvalue weighted by Crippen LogP contribution is -2.14. The smallest absolute Gasteiger partial charge is 0.0540 e. The van der Waals surface area contributed by atoms with Crippen molar-refractivity contribution in [3.63, 3.8) is 0 Å². The minimum atomic E-state index is -0.0325. The molecule has 2 aliphatic rings. The fourth-order valence-corrected chi connectivity index (χ4v) is 9.84. The van der Waals surface area contributed by atoms with Crippen molar-refractivity contribution < 1.29 is 0 Å². The normalized spacial score (nSPS) is 14.9. The summed E-state index contributed by atoms with van der Waals surface area (Å²) < 4.78 is 0. The number of hydrogen-bond acceptors (Lipinski definition) is 1. The number of nitrogens with zero attached hydrogens (tertiary/aromatic N) is 1. The third-order valence-electron chi connectivity index (χ3n) is 12.5. The van der Waals surface area contributed by atoms with E-state index in [1.54, 1.807) is 0 Å². The van der Waals surface area contributed by atoms with Crippen LogP contribution >= 0.6 is 0 Å². The molecule has 10 rings (SSSR count). The molecule has 0 radical (unpaired) electrons. The van der Waals surface area contributed by atoms with Crippen LogP contribution < -0.4 is 4.90 Å². The van der Waals surface area contributed by atoms with Crippen LogP contribution in [0.3, 0.4) is 0 Å². The van der Waals surface area contributed by atoms with E-state index in [2.05, 4.69) is 189 Å². The van der Waals surface area contributed by atoms with Crippen molar-refractivity contribution >= 4 is 38.6 Å². The summed E-state index contributed by atoms with van der Waals surface area (Å²) in [6, 6.07) is 63.6. The van der Waals surface area contributed by atoms with Crippen LogP contribution in [0.4, 0.5) is 17.1 Å². The van der Waals surface area contributed by atoms with Crippen molar-refractivity contribution in [1.29, 1.82) is 0 Å². The van der Waals surface area contributed by atoms with Gasteiger partial charge in [-0.1, -0.05) is 179 Å². The summed E-state index contributed by atoms with van der Waals surface area (Å²) in [5.41, 5.74) is 15.6. The second kappa shape index (κ2) is 13.2. The zero-order valence-corrected chi connectivity index (χ0v) is 31.2. The largest absolute Gasteiger partial charge is 0.309 e. The maximum Gasteiger partial charge on any atom is 0.0540 e. The Morgan fingerprint density at radius 1 is 0.463 bits per heavy atom. The minimum Gasteiger partial charge on any atom is -0.309 e. The number of rotatable bonds is 6. The van der Waals surface area contributed by atoms with E-state index in [-0.39, 0.29) is 5.41 Å². The van der Waals surface area contributed by atoms with Crippen LogP contribution in [-0.4, -0.2) is 0 Å². The van der Waals surface area contributed by atoms with Gasteiger partial charge in [-0.05, 0) is 104 Å². The summed E-state index contributed by atoms with van der Waals surface area (Å²) >= 11 is 0. The first-order valence-electron chi connectivity index (χ1n) is 19.8. The average Bonchev–Trinajstić information content (AvgIpc) is 3.47. The van der Waals surface area contributed by atoms with Gasteiger partial charge in [-0.2, -0.15) is 0 Å². The molecular weight excluding hydrogens is 651 g/mol. The van der Waals surface area contributed by atoms with E-state index >= 15 is 0 Å². The lowest BCUT2D eigenvalue weighted by molar-refractivity contribution is 0.445. The lowest BCUT2D eigenvalue weighted by atomic mass is 9.80. The molecule has 0 atom stereocenters. The number of benzene rings is 8. The van der Waals surface area contributed by atoms with E-state index in [0.29, 0.717) is 5.92 Å². The van der Waals surface area contributed by atoms with Gasteiger partial charge >= 0.3 is 0 Å². The highest BCUT2D eigenvalue weighted by Crippen LogP contribution is 2.52. The zero-order valence-electron chi connectivity index (χ0n) is 31.2. The number of para-hydroxylation sites is 1. The van der Waals surface area contributed by atoms with Gasteiger partial charge in [0.1, 0.15) is 0 Å². The SMILES string of the molecule is CC1(C)c2ccccc2-c2c(-c3ccc(N(c4ccccc4-c4cccc5cccc(C6CCCCC6)c45)c4cccc5ccccc45)cc3)cccc21. The Balaban J connectivity index is 1.16. The van der Waals surface area contributed by atoms with Gasteiger partial charge in [0.05, 0.1) is 11.4 Å². The highest BCUT2D eigenvalue weighted by molar-refractivity contribution is 6.06. The minimum absolute atomic E-state index is 0.0325. The van der Waals surface area contributed by atoms with Gasteiger partial charge < -0.3 is 4.90 Å². The van der Waals surface area contributed by atoms with Gasteiger partial charge in [-0.25, -0.2) is 0 Å². The molecule has 54 heavy (non-hydrogen) atoms. The first-order chi connectivity index (χ1) is 26.6. The topological polar surface area (TPSA) is 3.24 Å². The molecular formula is C53H45N. The van der Waals surface area contributed by atoms with Crippen LogP contribution in [0.1, 0.15) is 68.6 Å². The van der Waals surface area contributed by atoms with Gasteiger partial charge in [-0.3, -0.25) is 0 Å². The highest BCUT2D eigenvalue weighted by Gasteiger charge is 2.36. The molecule has 0 N–H and O–H groups in total. The maximum atomic E-state index is 2.50. The molecule has 2 aliphatic carbocycles. The third-order valence-corrected chi connectivity index (χ3v) is 12.5. The summed E-state index contributed by atoms with van der Waals surface area (Å²) in [6.07, 6.45) is 6.55. The molecule has 0 saturated heterocycles. The first-order valence-corrected chi connectivity index (χ1v) is 19.8. The molecule has 0 aromatic heterocycles. The molecule has 0 spiro atoms. The molecule has 1 nitrogen and oxygen atoms in total. The molecule has 1 heteroatoms. The van der Waals surface area contributed by atoms with E-state index in [9.17, 15) is 0 Å². The quantitative estimate of drug-likeness (QED) is 0.167. The fraction of sp³-hybridized carbons (Fsp3) is 0.170. The van der Waals surface area contributed by atoms with Crippen LogP contribution in [0, 0.1) is 0 Å². The van der Waals surface area contributed by atoms with Crippen molar-refractivity contribution in [3.05, 3.63) is 187 Å². The number of anilines is 3. The van der Waals surface area contributed by atoms with Gasteiger partial charge in [-0.15, -0.1) is 0 Å². The second-order valence-corrected chi connectivity index (χ2v) is 15.9. The summed E-state index contributed by atoms with van der Waals surface area (Å²) in [5, 5.41) is 5.21.